The van der Waals surface area contributed by atoms with E-state index in [2.05, 4.69) is 5.32 Å². The van der Waals surface area contributed by atoms with Gasteiger partial charge in [-0.3, -0.25) is 10.1 Å². The Bertz CT molecular complexity index is 805. The monoisotopic (exact) mass is 401 g/mol. The molecule has 0 aromatic heterocycles. The maximum atomic E-state index is 12.5. The van der Waals surface area contributed by atoms with Crippen LogP contribution in [-0.4, -0.2) is 41.9 Å². The van der Waals surface area contributed by atoms with Crippen LogP contribution in [0, 0.1) is 5.92 Å². The van der Waals surface area contributed by atoms with Crippen molar-refractivity contribution in [3.05, 3.63) is 59.7 Å². The Morgan fingerprint density at radius 2 is 1.79 bits per heavy atom. The lowest BCUT2D eigenvalue weighted by molar-refractivity contribution is 0.0665. The van der Waals surface area contributed by atoms with Crippen molar-refractivity contribution in [3.8, 4) is 5.75 Å². The Morgan fingerprint density at radius 1 is 1.07 bits per heavy atom. The standard InChI is InChI=1S/C22H27NO6/c1-15(10-11-24)21(18-4-3-5-20(14-18)28-13-12-25)29-22(27)23-19-8-6-17(7-9-19)16(2)26/h3-9,14-15,21,24-25H,10-13H2,1-2H3,(H,23,27)/t15-,21+/m1/s1. The van der Waals surface area contributed by atoms with Gasteiger partial charge in [0.1, 0.15) is 18.5 Å². The summed E-state index contributed by atoms with van der Waals surface area (Å²) >= 11 is 0. The summed E-state index contributed by atoms with van der Waals surface area (Å²) in [6.45, 7) is 3.39. The molecule has 0 saturated carbocycles. The van der Waals surface area contributed by atoms with E-state index in [0.29, 0.717) is 23.4 Å². The fourth-order valence-corrected chi connectivity index (χ4v) is 2.86. The molecule has 3 N–H and O–H groups in total. The maximum absolute atomic E-state index is 12.5. The number of nitrogens with one attached hydrogen (secondary N) is 1. The zero-order valence-electron chi connectivity index (χ0n) is 16.6. The summed E-state index contributed by atoms with van der Waals surface area (Å²) in [5.74, 6) is 0.362. The molecule has 0 heterocycles. The molecule has 0 spiro atoms. The number of Topliss-reactive ketones (excluding diaryl/α,β-unsaturated/α-hetero) is 1. The molecule has 2 aromatic rings. The van der Waals surface area contributed by atoms with Gasteiger partial charge in [-0.1, -0.05) is 19.1 Å². The average Bonchev–Trinajstić information content (AvgIpc) is 2.71. The number of rotatable bonds is 10. The van der Waals surface area contributed by atoms with Crippen LogP contribution in [0.4, 0.5) is 10.5 Å². The molecular formula is C22H27NO6. The van der Waals surface area contributed by atoms with Gasteiger partial charge in [0.05, 0.1) is 6.61 Å². The third-order valence-corrected chi connectivity index (χ3v) is 4.42. The average molecular weight is 401 g/mol. The Hall–Kier alpha value is -2.90. The predicted octanol–water partition coefficient (Wildman–Crippen LogP) is 3.57. The number of aliphatic hydroxyl groups excluding tert-OH is 2. The number of ketones is 1. The highest BCUT2D eigenvalue weighted by Crippen LogP contribution is 2.31. The fraction of sp³-hybridized carbons (Fsp3) is 0.364. The first kappa shape index (κ1) is 22.4. The third-order valence-electron chi connectivity index (χ3n) is 4.42. The first-order chi connectivity index (χ1) is 13.9. The van der Waals surface area contributed by atoms with E-state index < -0.39 is 12.2 Å². The molecule has 1 amide bonds. The van der Waals surface area contributed by atoms with Gasteiger partial charge in [0.25, 0.3) is 0 Å². The Kier molecular flexibility index (Phi) is 8.64. The summed E-state index contributed by atoms with van der Waals surface area (Å²) in [4.78, 5) is 23.8. The van der Waals surface area contributed by atoms with Crippen LogP contribution in [0.1, 0.15) is 42.3 Å². The van der Waals surface area contributed by atoms with Gasteiger partial charge in [-0.25, -0.2) is 4.79 Å². The quantitative estimate of drug-likeness (QED) is 0.526. The molecule has 7 nitrogen and oxygen atoms in total. The molecule has 29 heavy (non-hydrogen) atoms. The lowest BCUT2D eigenvalue weighted by Gasteiger charge is -2.24. The first-order valence-electron chi connectivity index (χ1n) is 9.47. The Labute approximate surface area is 170 Å². The number of carbonyl (C=O) groups excluding carboxylic acids is 2. The minimum absolute atomic E-state index is 0.0319. The molecule has 0 aliphatic rings. The van der Waals surface area contributed by atoms with Crippen molar-refractivity contribution in [2.45, 2.75) is 26.4 Å². The first-order valence-corrected chi connectivity index (χ1v) is 9.47. The predicted molar refractivity (Wildman–Crippen MR) is 109 cm³/mol. The van der Waals surface area contributed by atoms with Crippen LogP contribution in [0.15, 0.2) is 48.5 Å². The normalized spacial score (nSPS) is 12.7. The number of aliphatic hydroxyl groups is 2. The maximum Gasteiger partial charge on any atom is 0.412 e. The van der Waals surface area contributed by atoms with Crippen LogP contribution in [0.5, 0.6) is 5.75 Å². The molecule has 0 aliphatic carbocycles. The molecule has 0 fully saturated rings. The van der Waals surface area contributed by atoms with E-state index in [-0.39, 0.29) is 31.5 Å². The fourth-order valence-electron chi connectivity index (χ4n) is 2.86. The van der Waals surface area contributed by atoms with Gasteiger partial charge >= 0.3 is 6.09 Å². The van der Waals surface area contributed by atoms with Gasteiger partial charge in [-0.2, -0.15) is 0 Å². The second-order valence-corrected chi connectivity index (χ2v) is 6.72. The van der Waals surface area contributed by atoms with Crippen LogP contribution >= 0.6 is 0 Å². The van der Waals surface area contributed by atoms with Gasteiger partial charge in [0.15, 0.2) is 5.78 Å². The number of amides is 1. The van der Waals surface area contributed by atoms with Crippen molar-refractivity contribution < 1.29 is 29.3 Å². The smallest absolute Gasteiger partial charge is 0.412 e. The van der Waals surface area contributed by atoms with Crippen LogP contribution in [0.25, 0.3) is 0 Å². The molecule has 156 valence electrons. The number of anilines is 1. The molecule has 2 aromatic carbocycles. The van der Waals surface area contributed by atoms with Crippen molar-refractivity contribution >= 4 is 17.6 Å². The van der Waals surface area contributed by atoms with E-state index in [1.807, 2.05) is 13.0 Å². The number of hydrogen-bond donors (Lipinski definition) is 3. The van der Waals surface area contributed by atoms with E-state index in [1.54, 1.807) is 42.5 Å². The second-order valence-electron chi connectivity index (χ2n) is 6.72. The minimum atomic E-state index is -0.642. The zero-order valence-corrected chi connectivity index (χ0v) is 16.6. The Morgan fingerprint density at radius 3 is 2.41 bits per heavy atom. The number of ether oxygens (including phenoxy) is 2. The zero-order chi connectivity index (χ0) is 21.2. The summed E-state index contributed by atoms with van der Waals surface area (Å²) in [6, 6.07) is 13.6. The van der Waals surface area contributed by atoms with E-state index in [9.17, 15) is 14.7 Å². The van der Waals surface area contributed by atoms with E-state index in [0.717, 1.165) is 5.56 Å². The summed E-state index contributed by atoms with van der Waals surface area (Å²) < 4.78 is 11.1. The summed E-state index contributed by atoms with van der Waals surface area (Å²) in [5.41, 5.74) is 1.79. The van der Waals surface area contributed by atoms with Crippen molar-refractivity contribution in [1.29, 1.82) is 0 Å². The van der Waals surface area contributed by atoms with Crippen LogP contribution in [-0.2, 0) is 4.74 Å². The van der Waals surface area contributed by atoms with Crippen molar-refractivity contribution in [3.63, 3.8) is 0 Å². The van der Waals surface area contributed by atoms with Gasteiger partial charge < -0.3 is 19.7 Å². The van der Waals surface area contributed by atoms with Crippen molar-refractivity contribution in [1.82, 2.24) is 0 Å². The molecule has 7 heteroatoms. The van der Waals surface area contributed by atoms with Crippen molar-refractivity contribution in [2.24, 2.45) is 5.92 Å². The topological polar surface area (TPSA) is 105 Å². The highest BCUT2D eigenvalue weighted by Gasteiger charge is 2.24. The van der Waals surface area contributed by atoms with Gasteiger partial charge in [-0.15, -0.1) is 0 Å². The molecule has 2 rings (SSSR count). The summed E-state index contributed by atoms with van der Waals surface area (Å²) in [7, 11) is 0. The van der Waals surface area contributed by atoms with Crippen LogP contribution in [0.3, 0.4) is 0 Å². The highest BCUT2D eigenvalue weighted by molar-refractivity contribution is 5.94. The third kappa shape index (κ3) is 6.89. The molecule has 0 saturated heterocycles. The SMILES string of the molecule is CC(=O)c1ccc(NC(=O)O[C@H](c2cccc(OCCO)c2)[C@H](C)CCO)cc1. The Balaban J connectivity index is 2.13. The van der Waals surface area contributed by atoms with E-state index >= 15 is 0 Å². The van der Waals surface area contributed by atoms with Gasteiger partial charge in [-0.05, 0) is 61.2 Å². The van der Waals surface area contributed by atoms with E-state index in [4.69, 9.17) is 14.6 Å². The molecule has 0 radical (unpaired) electrons. The summed E-state index contributed by atoms with van der Waals surface area (Å²) in [5, 5.41) is 20.9. The number of carbonyl (C=O) groups is 2. The van der Waals surface area contributed by atoms with Gasteiger partial charge in [0, 0.05) is 17.9 Å². The molecule has 2 atom stereocenters. The van der Waals surface area contributed by atoms with Crippen LogP contribution in [0.2, 0.25) is 0 Å². The summed E-state index contributed by atoms with van der Waals surface area (Å²) in [6.07, 6.45) is -0.791. The lowest BCUT2D eigenvalue weighted by Crippen LogP contribution is -2.22. The van der Waals surface area contributed by atoms with Gasteiger partial charge in [0.2, 0.25) is 0 Å². The minimum Gasteiger partial charge on any atom is -0.491 e. The largest absolute Gasteiger partial charge is 0.491 e. The molecule has 0 aliphatic heterocycles. The van der Waals surface area contributed by atoms with E-state index in [1.165, 1.54) is 6.92 Å². The molecule has 0 bridgehead atoms. The van der Waals surface area contributed by atoms with Crippen LogP contribution < -0.4 is 10.1 Å². The number of hydrogen-bond acceptors (Lipinski definition) is 6. The highest BCUT2D eigenvalue weighted by atomic mass is 16.6. The van der Waals surface area contributed by atoms with Crippen molar-refractivity contribution in [2.75, 3.05) is 25.1 Å². The second kappa shape index (κ2) is 11.2. The number of benzene rings is 2. The lowest BCUT2D eigenvalue weighted by atomic mass is 9.94. The molecular weight excluding hydrogens is 374 g/mol. The molecule has 0 unspecified atom stereocenters.